The van der Waals surface area contributed by atoms with E-state index >= 15 is 0 Å². The van der Waals surface area contributed by atoms with Crippen molar-refractivity contribution in [2.75, 3.05) is 20.1 Å². The van der Waals surface area contributed by atoms with Crippen molar-refractivity contribution >= 4 is 5.91 Å². The summed E-state index contributed by atoms with van der Waals surface area (Å²) in [7, 11) is 1.93. The van der Waals surface area contributed by atoms with Gasteiger partial charge in [0, 0.05) is 12.5 Å². The molecule has 0 aromatic heterocycles. The number of rotatable bonds is 5. The zero-order chi connectivity index (χ0) is 10.2. The van der Waals surface area contributed by atoms with E-state index in [0.29, 0.717) is 5.92 Å². The molecule has 1 rings (SSSR count). The van der Waals surface area contributed by atoms with E-state index in [1.165, 1.54) is 19.3 Å². The monoisotopic (exact) mass is 198 g/mol. The minimum absolute atomic E-state index is 0.279. The van der Waals surface area contributed by atoms with Gasteiger partial charge in [0.2, 0.25) is 5.91 Å². The molecule has 0 bridgehead atoms. The van der Waals surface area contributed by atoms with E-state index in [-0.39, 0.29) is 5.91 Å². The third kappa shape index (κ3) is 4.09. The van der Waals surface area contributed by atoms with Crippen LogP contribution in [0.1, 0.15) is 38.5 Å². The van der Waals surface area contributed by atoms with Gasteiger partial charge in [0.1, 0.15) is 0 Å². The predicted octanol–water partition coefficient (Wildman–Crippen LogP) is 1.29. The molecule has 3 nitrogen and oxygen atoms in total. The van der Waals surface area contributed by atoms with Crippen LogP contribution in [0, 0.1) is 5.92 Å². The lowest BCUT2D eigenvalue weighted by molar-refractivity contribution is -0.125. The van der Waals surface area contributed by atoms with Crippen LogP contribution in [0.25, 0.3) is 0 Å². The van der Waals surface area contributed by atoms with Gasteiger partial charge in [-0.25, -0.2) is 0 Å². The average Bonchev–Trinajstić information content (AvgIpc) is 2.25. The third-order valence-corrected chi connectivity index (χ3v) is 2.88. The minimum atomic E-state index is 0.279. The fourth-order valence-electron chi connectivity index (χ4n) is 1.99. The van der Waals surface area contributed by atoms with E-state index in [9.17, 15) is 4.79 Å². The summed E-state index contributed by atoms with van der Waals surface area (Å²) in [6.45, 7) is 1.79. The highest BCUT2D eigenvalue weighted by Crippen LogP contribution is 2.23. The molecule has 1 fully saturated rings. The number of hydrogen-bond donors (Lipinski definition) is 2. The Labute approximate surface area is 86.6 Å². The molecular weight excluding hydrogens is 176 g/mol. The van der Waals surface area contributed by atoms with E-state index in [1.807, 2.05) is 7.05 Å². The SMILES string of the molecule is CNCCCNC(=O)C1CCCCC1. The van der Waals surface area contributed by atoms with Crippen molar-refractivity contribution in [3.8, 4) is 0 Å². The minimum Gasteiger partial charge on any atom is -0.356 e. The van der Waals surface area contributed by atoms with Crippen LogP contribution in [0.4, 0.5) is 0 Å². The fourth-order valence-corrected chi connectivity index (χ4v) is 1.99. The van der Waals surface area contributed by atoms with Gasteiger partial charge in [-0.05, 0) is 32.9 Å². The first kappa shape index (κ1) is 11.5. The summed E-state index contributed by atoms with van der Waals surface area (Å²) < 4.78 is 0. The van der Waals surface area contributed by atoms with Gasteiger partial charge in [-0.2, -0.15) is 0 Å². The van der Waals surface area contributed by atoms with E-state index < -0.39 is 0 Å². The Morgan fingerprint density at radius 2 is 1.93 bits per heavy atom. The van der Waals surface area contributed by atoms with Crippen molar-refractivity contribution in [2.24, 2.45) is 5.92 Å². The Kier molecular flexibility index (Phi) is 5.60. The Bertz CT molecular complexity index is 165. The smallest absolute Gasteiger partial charge is 0.223 e. The highest BCUT2D eigenvalue weighted by molar-refractivity contribution is 5.78. The lowest BCUT2D eigenvalue weighted by atomic mass is 9.89. The highest BCUT2D eigenvalue weighted by Gasteiger charge is 2.20. The maximum atomic E-state index is 11.6. The van der Waals surface area contributed by atoms with Gasteiger partial charge in [-0.3, -0.25) is 4.79 Å². The summed E-state index contributed by atoms with van der Waals surface area (Å²) in [5.74, 6) is 0.583. The molecule has 0 heterocycles. The van der Waals surface area contributed by atoms with Crippen molar-refractivity contribution in [3.63, 3.8) is 0 Å². The molecule has 14 heavy (non-hydrogen) atoms. The molecule has 1 aliphatic carbocycles. The molecule has 3 heteroatoms. The first-order valence-corrected chi connectivity index (χ1v) is 5.77. The Balaban J connectivity index is 2.07. The van der Waals surface area contributed by atoms with Crippen LogP contribution in [0.15, 0.2) is 0 Å². The molecule has 0 spiro atoms. The Morgan fingerprint density at radius 1 is 1.21 bits per heavy atom. The van der Waals surface area contributed by atoms with Crippen LogP contribution in [-0.4, -0.2) is 26.0 Å². The fraction of sp³-hybridized carbons (Fsp3) is 0.909. The van der Waals surface area contributed by atoms with E-state index in [1.54, 1.807) is 0 Å². The van der Waals surface area contributed by atoms with Gasteiger partial charge in [-0.1, -0.05) is 19.3 Å². The number of amides is 1. The van der Waals surface area contributed by atoms with Gasteiger partial charge in [0.15, 0.2) is 0 Å². The number of carbonyl (C=O) groups is 1. The van der Waals surface area contributed by atoms with Crippen molar-refractivity contribution in [1.82, 2.24) is 10.6 Å². The Hall–Kier alpha value is -0.570. The van der Waals surface area contributed by atoms with Crippen LogP contribution in [0.5, 0.6) is 0 Å². The van der Waals surface area contributed by atoms with Crippen LogP contribution < -0.4 is 10.6 Å². The van der Waals surface area contributed by atoms with Crippen molar-refractivity contribution in [2.45, 2.75) is 38.5 Å². The summed E-state index contributed by atoms with van der Waals surface area (Å²) >= 11 is 0. The zero-order valence-electron chi connectivity index (χ0n) is 9.14. The third-order valence-electron chi connectivity index (χ3n) is 2.88. The molecule has 0 atom stereocenters. The topological polar surface area (TPSA) is 41.1 Å². The Morgan fingerprint density at radius 3 is 2.57 bits per heavy atom. The second-order valence-electron chi connectivity index (χ2n) is 4.08. The molecule has 2 N–H and O–H groups in total. The lowest BCUT2D eigenvalue weighted by Crippen LogP contribution is -2.33. The summed E-state index contributed by atoms with van der Waals surface area (Å²) in [5.41, 5.74) is 0. The van der Waals surface area contributed by atoms with E-state index in [4.69, 9.17) is 0 Å². The molecule has 1 amide bonds. The second kappa shape index (κ2) is 6.82. The quantitative estimate of drug-likeness (QED) is 0.654. The average molecular weight is 198 g/mol. The zero-order valence-corrected chi connectivity index (χ0v) is 9.14. The first-order chi connectivity index (χ1) is 6.84. The van der Waals surface area contributed by atoms with E-state index in [2.05, 4.69) is 10.6 Å². The van der Waals surface area contributed by atoms with Crippen molar-refractivity contribution < 1.29 is 4.79 Å². The molecular formula is C11H22N2O. The molecule has 0 saturated heterocycles. The summed E-state index contributed by atoms with van der Waals surface area (Å²) in [5, 5.41) is 6.08. The largest absolute Gasteiger partial charge is 0.356 e. The van der Waals surface area contributed by atoms with Crippen LogP contribution >= 0.6 is 0 Å². The first-order valence-electron chi connectivity index (χ1n) is 5.77. The standard InChI is InChI=1S/C11H22N2O/c1-12-8-5-9-13-11(14)10-6-3-2-4-7-10/h10,12H,2-9H2,1H3,(H,13,14). The van der Waals surface area contributed by atoms with Gasteiger partial charge in [0.25, 0.3) is 0 Å². The highest BCUT2D eigenvalue weighted by atomic mass is 16.1. The van der Waals surface area contributed by atoms with E-state index in [0.717, 1.165) is 32.4 Å². The van der Waals surface area contributed by atoms with Crippen LogP contribution in [0.3, 0.4) is 0 Å². The van der Waals surface area contributed by atoms with Crippen molar-refractivity contribution in [1.29, 1.82) is 0 Å². The molecule has 0 aromatic carbocycles. The summed E-state index contributed by atoms with van der Waals surface area (Å²) in [4.78, 5) is 11.6. The number of carbonyl (C=O) groups excluding carboxylic acids is 1. The summed E-state index contributed by atoms with van der Waals surface area (Å²) in [6.07, 6.45) is 6.98. The van der Waals surface area contributed by atoms with Gasteiger partial charge >= 0.3 is 0 Å². The molecule has 0 unspecified atom stereocenters. The van der Waals surface area contributed by atoms with Crippen LogP contribution in [-0.2, 0) is 4.79 Å². The number of nitrogens with one attached hydrogen (secondary N) is 2. The molecule has 0 radical (unpaired) electrons. The molecule has 0 aliphatic heterocycles. The molecule has 1 saturated carbocycles. The van der Waals surface area contributed by atoms with Crippen LogP contribution in [0.2, 0.25) is 0 Å². The molecule has 1 aliphatic rings. The van der Waals surface area contributed by atoms with Gasteiger partial charge < -0.3 is 10.6 Å². The maximum Gasteiger partial charge on any atom is 0.223 e. The maximum absolute atomic E-state index is 11.6. The lowest BCUT2D eigenvalue weighted by Gasteiger charge is -2.20. The normalized spacial score (nSPS) is 18.1. The van der Waals surface area contributed by atoms with Gasteiger partial charge in [-0.15, -0.1) is 0 Å². The second-order valence-corrected chi connectivity index (χ2v) is 4.08. The van der Waals surface area contributed by atoms with Crippen molar-refractivity contribution in [3.05, 3.63) is 0 Å². The molecule has 82 valence electrons. The van der Waals surface area contributed by atoms with Gasteiger partial charge in [0.05, 0.1) is 0 Å². The predicted molar refractivity (Wildman–Crippen MR) is 58.1 cm³/mol. The number of hydrogen-bond acceptors (Lipinski definition) is 2. The molecule has 0 aromatic rings. The summed E-state index contributed by atoms with van der Waals surface area (Å²) in [6, 6.07) is 0.